The first-order valence-electron chi connectivity index (χ1n) is 7.91. The van der Waals surface area contributed by atoms with Crippen LogP contribution in [0.1, 0.15) is 38.2 Å². The molecule has 0 radical (unpaired) electrons. The average molecular weight is 276 g/mol. The molecule has 0 aromatic heterocycles. The fourth-order valence-corrected chi connectivity index (χ4v) is 2.98. The number of hydrogen-bond acceptors (Lipinski definition) is 3. The monoisotopic (exact) mass is 276 g/mol. The van der Waals surface area contributed by atoms with Crippen molar-refractivity contribution in [3.05, 3.63) is 35.9 Å². The molecule has 1 atom stereocenters. The predicted octanol–water partition coefficient (Wildman–Crippen LogP) is 2.40. The number of aliphatic hydroxyl groups excluding tert-OH is 1. The summed E-state index contributed by atoms with van der Waals surface area (Å²) in [6, 6.07) is 11.9. The van der Waals surface area contributed by atoms with E-state index >= 15 is 0 Å². The van der Waals surface area contributed by atoms with Crippen LogP contribution < -0.4 is 5.32 Å². The van der Waals surface area contributed by atoms with Gasteiger partial charge in [0.25, 0.3) is 0 Å². The van der Waals surface area contributed by atoms with Crippen molar-refractivity contribution in [1.82, 2.24) is 10.2 Å². The van der Waals surface area contributed by atoms with E-state index < -0.39 is 0 Å². The average Bonchev–Trinajstić information content (AvgIpc) is 2.48. The minimum atomic E-state index is 0.307. The highest BCUT2D eigenvalue weighted by atomic mass is 16.2. The first-order valence-corrected chi connectivity index (χ1v) is 7.91. The van der Waals surface area contributed by atoms with Gasteiger partial charge in [-0.25, -0.2) is 0 Å². The molecule has 1 aliphatic rings. The fourth-order valence-electron chi connectivity index (χ4n) is 2.98. The molecule has 112 valence electrons. The molecule has 20 heavy (non-hydrogen) atoms. The third kappa shape index (κ3) is 5.23. The highest BCUT2D eigenvalue weighted by molar-refractivity contribution is 5.14. The van der Waals surface area contributed by atoms with E-state index in [4.69, 9.17) is 5.11 Å². The van der Waals surface area contributed by atoms with Gasteiger partial charge in [-0.3, -0.25) is 4.90 Å². The first kappa shape index (κ1) is 15.5. The standard InChI is InChI=1S/C17H28N2O/c1-15(6-5-13-20)18-17-9-11-19(12-10-17)14-16-7-3-2-4-8-16/h2-4,7-8,15,17-18,20H,5-6,9-14H2,1H3. The molecule has 0 aliphatic carbocycles. The second kappa shape index (κ2) is 8.40. The number of likely N-dealkylation sites (tertiary alicyclic amines) is 1. The summed E-state index contributed by atoms with van der Waals surface area (Å²) >= 11 is 0. The number of hydrogen-bond donors (Lipinski definition) is 2. The fraction of sp³-hybridized carbons (Fsp3) is 0.647. The smallest absolute Gasteiger partial charge is 0.0431 e. The number of nitrogens with one attached hydrogen (secondary N) is 1. The summed E-state index contributed by atoms with van der Waals surface area (Å²) < 4.78 is 0. The van der Waals surface area contributed by atoms with Crippen LogP contribution in [0.3, 0.4) is 0 Å². The van der Waals surface area contributed by atoms with Crippen molar-refractivity contribution in [2.45, 2.75) is 51.2 Å². The zero-order valence-electron chi connectivity index (χ0n) is 12.6. The summed E-state index contributed by atoms with van der Waals surface area (Å²) in [5.41, 5.74) is 1.41. The zero-order valence-corrected chi connectivity index (χ0v) is 12.6. The Morgan fingerprint density at radius 3 is 2.60 bits per heavy atom. The topological polar surface area (TPSA) is 35.5 Å². The molecule has 2 rings (SSSR count). The first-order chi connectivity index (χ1) is 9.78. The minimum absolute atomic E-state index is 0.307. The number of piperidine rings is 1. The van der Waals surface area contributed by atoms with Gasteiger partial charge in [-0.1, -0.05) is 30.3 Å². The molecule has 1 heterocycles. The van der Waals surface area contributed by atoms with Crippen molar-refractivity contribution in [2.75, 3.05) is 19.7 Å². The number of aliphatic hydroxyl groups is 1. The van der Waals surface area contributed by atoms with E-state index in [9.17, 15) is 0 Å². The highest BCUT2D eigenvalue weighted by Crippen LogP contribution is 2.14. The van der Waals surface area contributed by atoms with Crippen molar-refractivity contribution < 1.29 is 5.11 Å². The van der Waals surface area contributed by atoms with Crippen LogP contribution >= 0.6 is 0 Å². The summed E-state index contributed by atoms with van der Waals surface area (Å²) in [7, 11) is 0. The molecule has 2 N–H and O–H groups in total. The number of benzene rings is 1. The lowest BCUT2D eigenvalue weighted by molar-refractivity contribution is 0.182. The summed E-state index contributed by atoms with van der Waals surface area (Å²) in [6.07, 6.45) is 4.44. The molecule has 1 unspecified atom stereocenters. The third-order valence-electron chi connectivity index (χ3n) is 4.15. The van der Waals surface area contributed by atoms with Gasteiger partial charge in [0.05, 0.1) is 0 Å². The molecule has 0 amide bonds. The van der Waals surface area contributed by atoms with Crippen molar-refractivity contribution >= 4 is 0 Å². The van der Waals surface area contributed by atoms with Gasteiger partial charge >= 0.3 is 0 Å². The van der Waals surface area contributed by atoms with Crippen molar-refractivity contribution in [1.29, 1.82) is 0 Å². The Morgan fingerprint density at radius 1 is 1.25 bits per heavy atom. The van der Waals surface area contributed by atoms with E-state index in [0.717, 1.165) is 19.4 Å². The van der Waals surface area contributed by atoms with Crippen LogP contribution in [0.2, 0.25) is 0 Å². The van der Waals surface area contributed by atoms with Crippen LogP contribution in [0.5, 0.6) is 0 Å². The molecule has 3 heteroatoms. The van der Waals surface area contributed by atoms with E-state index in [1.165, 1.54) is 31.5 Å². The van der Waals surface area contributed by atoms with Crippen molar-refractivity contribution in [2.24, 2.45) is 0 Å². The maximum Gasteiger partial charge on any atom is 0.0431 e. The Bertz CT molecular complexity index is 361. The lowest BCUT2D eigenvalue weighted by Crippen LogP contribution is -2.45. The van der Waals surface area contributed by atoms with Gasteiger partial charge in [0.1, 0.15) is 0 Å². The van der Waals surface area contributed by atoms with Gasteiger partial charge in [-0.05, 0) is 51.3 Å². The second-order valence-corrected chi connectivity index (χ2v) is 5.97. The molecule has 0 saturated carbocycles. The van der Waals surface area contributed by atoms with Crippen LogP contribution in [0.15, 0.2) is 30.3 Å². The SMILES string of the molecule is CC(CCCO)NC1CCN(Cc2ccccc2)CC1. The van der Waals surface area contributed by atoms with Crippen molar-refractivity contribution in [3.8, 4) is 0 Å². The maximum atomic E-state index is 8.86. The van der Waals surface area contributed by atoms with E-state index in [-0.39, 0.29) is 0 Å². The number of rotatable bonds is 7. The van der Waals surface area contributed by atoms with Crippen LogP contribution in [0.4, 0.5) is 0 Å². The van der Waals surface area contributed by atoms with Gasteiger partial charge in [0.15, 0.2) is 0 Å². The van der Waals surface area contributed by atoms with E-state index in [2.05, 4.69) is 47.5 Å². The molecule has 1 fully saturated rings. The van der Waals surface area contributed by atoms with Crippen molar-refractivity contribution in [3.63, 3.8) is 0 Å². The van der Waals surface area contributed by atoms with E-state index in [1.807, 2.05) is 0 Å². The summed E-state index contributed by atoms with van der Waals surface area (Å²) in [5, 5.41) is 12.6. The van der Waals surface area contributed by atoms with E-state index in [0.29, 0.717) is 18.7 Å². The quantitative estimate of drug-likeness (QED) is 0.803. The Labute approximate surface area is 123 Å². The number of nitrogens with zero attached hydrogens (tertiary/aromatic N) is 1. The largest absolute Gasteiger partial charge is 0.396 e. The van der Waals surface area contributed by atoms with Crippen LogP contribution in [0.25, 0.3) is 0 Å². The normalized spacial score (nSPS) is 19.1. The van der Waals surface area contributed by atoms with Gasteiger partial charge in [-0.15, -0.1) is 0 Å². The van der Waals surface area contributed by atoms with Gasteiger partial charge in [-0.2, -0.15) is 0 Å². The maximum absolute atomic E-state index is 8.86. The van der Waals surface area contributed by atoms with E-state index in [1.54, 1.807) is 0 Å². The minimum Gasteiger partial charge on any atom is -0.396 e. The molecule has 1 saturated heterocycles. The molecule has 1 aromatic rings. The third-order valence-corrected chi connectivity index (χ3v) is 4.15. The summed E-state index contributed by atoms with van der Waals surface area (Å²) in [5.74, 6) is 0. The van der Waals surface area contributed by atoms with Crippen LogP contribution in [-0.2, 0) is 6.54 Å². The molecule has 3 nitrogen and oxygen atoms in total. The molecule has 0 spiro atoms. The Hall–Kier alpha value is -0.900. The molecular formula is C17H28N2O. The molecule has 1 aromatic carbocycles. The molecule has 1 aliphatic heterocycles. The van der Waals surface area contributed by atoms with Crippen LogP contribution in [-0.4, -0.2) is 41.8 Å². The molecular weight excluding hydrogens is 248 g/mol. The Morgan fingerprint density at radius 2 is 1.95 bits per heavy atom. The lowest BCUT2D eigenvalue weighted by Gasteiger charge is -2.34. The second-order valence-electron chi connectivity index (χ2n) is 5.97. The van der Waals surface area contributed by atoms with Gasteiger partial charge in [0, 0.05) is 25.2 Å². The summed E-state index contributed by atoms with van der Waals surface area (Å²) in [6.45, 7) is 5.97. The summed E-state index contributed by atoms with van der Waals surface area (Å²) in [4.78, 5) is 2.55. The lowest BCUT2D eigenvalue weighted by atomic mass is 10.0. The predicted molar refractivity (Wildman–Crippen MR) is 83.7 cm³/mol. The zero-order chi connectivity index (χ0) is 14.2. The Kier molecular flexibility index (Phi) is 6.51. The van der Waals surface area contributed by atoms with Gasteiger partial charge in [0.2, 0.25) is 0 Å². The Balaban J connectivity index is 1.67. The van der Waals surface area contributed by atoms with Crippen LogP contribution in [0, 0.1) is 0 Å². The highest BCUT2D eigenvalue weighted by Gasteiger charge is 2.20. The molecule has 0 bridgehead atoms. The van der Waals surface area contributed by atoms with Gasteiger partial charge < -0.3 is 10.4 Å².